The van der Waals surface area contributed by atoms with Crippen molar-refractivity contribution in [3.05, 3.63) is 93.4 Å². The van der Waals surface area contributed by atoms with Gasteiger partial charge in [-0.15, -0.1) is 0 Å². The molecule has 4 rings (SSSR count). The van der Waals surface area contributed by atoms with E-state index in [1.54, 1.807) is 6.07 Å². The topological polar surface area (TPSA) is 35.5 Å². The lowest BCUT2D eigenvalue weighted by atomic mass is 9.89. The van der Waals surface area contributed by atoms with Gasteiger partial charge in [-0.2, -0.15) is 0 Å². The summed E-state index contributed by atoms with van der Waals surface area (Å²) in [5.74, 6) is 1.16. The van der Waals surface area contributed by atoms with Crippen molar-refractivity contribution in [2.75, 3.05) is 7.11 Å². The van der Waals surface area contributed by atoms with Gasteiger partial charge < -0.3 is 9.47 Å². The number of fused-ring (bicyclic) bond motifs is 2. The van der Waals surface area contributed by atoms with Crippen LogP contribution in [0.4, 0.5) is 0 Å². The molecule has 128 valence electrons. The molecular weight excluding hydrogens is 324 g/mol. The highest BCUT2D eigenvalue weighted by molar-refractivity contribution is 5.99. The summed E-state index contributed by atoms with van der Waals surface area (Å²) in [6.45, 7) is 6.02. The third-order valence-corrected chi connectivity index (χ3v) is 4.54. The van der Waals surface area contributed by atoms with Crippen LogP contribution >= 0.6 is 0 Å². The van der Waals surface area contributed by atoms with E-state index in [0.717, 1.165) is 44.2 Å². The van der Waals surface area contributed by atoms with Crippen molar-refractivity contribution in [3.63, 3.8) is 0 Å². The van der Waals surface area contributed by atoms with Crippen LogP contribution in [0.1, 0.15) is 27.0 Å². The van der Waals surface area contributed by atoms with Crippen molar-refractivity contribution < 1.29 is 14.3 Å². The molecule has 0 aromatic heterocycles. The first kappa shape index (κ1) is 16.2. The smallest absolute Gasteiger partial charge is 0.338 e. The number of carbonyl (C=O) groups excluding carboxylic acids is 1. The maximum absolute atomic E-state index is 12.3. The number of benzene rings is 3. The number of methoxy groups -OCH3 is 1. The summed E-state index contributed by atoms with van der Waals surface area (Å²) in [5, 5.41) is 1.81. The van der Waals surface area contributed by atoms with Crippen LogP contribution in [-0.4, -0.2) is 13.1 Å². The van der Waals surface area contributed by atoms with Crippen LogP contribution < -0.4 is 15.2 Å². The van der Waals surface area contributed by atoms with E-state index in [0.29, 0.717) is 5.56 Å². The van der Waals surface area contributed by atoms with E-state index < -0.39 is 0 Å². The van der Waals surface area contributed by atoms with Crippen molar-refractivity contribution in [2.45, 2.75) is 6.92 Å². The lowest BCUT2D eigenvalue weighted by Gasteiger charge is -2.22. The monoisotopic (exact) mass is 342 g/mol. The Balaban J connectivity index is 2.13. The molecule has 0 amide bonds. The zero-order valence-electron chi connectivity index (χ0n) is 14.7. The van der Waals surface area contributed by atoms with Crippen LogP contribution in [0.5, 0.6) is 11.5 Å². The fraction of sp³-hybridized carbons (Fsp3) is 0.0870. The van der Waals surface area contributed by atoms with Crippen molar-refractivity contribution in [2.24, 2.45) is 0 Å². The molecule has 1 aliphatic heterocycles. The van der Waals surface area contributed by atoms with Crippen LogP contribution in [-0.2, 0) is 4.74 Å². The van der Waals surface area contributed by atoms with Gasteiger partial charge in [-0.05, 0) is 41.5 Å². The quantitative estimate of drug-likeness (QED) is 0.523. The van der Waals surface area contributed by atoms with E-state index in [1.807, 2.05) is 61.5 Å². The molecule has 1 heterocycles. The second kappa shape index (κ2) is 6.19. The van der Waals surface area contributed by atoms with E-state index in [9.17, 15) is 4.79 Å². The van der Waals surface area contributed by atoms with Gasteiger partial charge in [0.1, 0.15) is 11.5 Å². The van der Waals surface area contributed by atoms with E-state index in [2.05, 4.69) is 6.58 Å². The summed E-state index contributed by atoms with van der Waals surface area (Å²) < 4.78 is 11.1. The third-order valence-electron chi connectivity index (χ3n) is 4.54. The molecule has 0 N–H and O–H groups in total. The Kier molecular flexibility index (Phi) is 3.85. The first-order valence-corrected chi connectivity index (χ1v) is 8.38. The van der Waals surface area contributed by atoms with Crippen LogP contribution in [0.3, 0.4) is 0 Å². The molecule has 26 heavy (non-hydrogen) atoms. The second-order valence-corrected chi connectivity index (χ2v) is 6.34. The maximum atomic E-state index is 12.3. The number of ether oxygens (including phenoxy) is 2. The molecule has 1 aliphatic rings. The summed E-state index contributed by atoms with van der Waals surface area (Å²) in [5.41, 5.74) is 4.38. The number of rotatable bonds is 2. The lowest BCUT2D eigenvalue weighted by molar-refractivity contribution is 0.0600. The highest BCUT2D eigenvalue weighted by Crippen LogP contribution is 2.37. The number of hydrogen-bond donors (Lipinski definition) is 0. The molecule has 0 saturated heterocycles. The van der Waals surface area contributed by atoms with Crippen molar-refractivity contribution >= 4 is 18.1 Å². The van der Waals surface area contributed by atoms with Crippen molar-refractivity contribution in [1.29, 1.82) is 0 Å². The Morgan fingerprint density at radius 3 is 2.58 bits per heavy atom. The number of hydrogen-bond acceptors (Lipinski definition) is 3. The summed E-state index contributed by atoms with van der Waals surface area (Å²) in [4.78, 5) is 12.3. The molecular formula is C23H18O3. The Bertz CT molecular complexity index is 1140. The van der Waals surface area contributed by atoms with Gasteiger partial charge in [-0.3, -0.25) is 0 Å². The lowest BCUT2D eigenvalue weighted by Crippen LogP contribution is -2.20. The number of aryl methyl sites for hydroxylation is 1. The van der Waals surface area contributed by atoms with Gasteiger partial charge in [0.2, 0.25) is 0 Å². The van der Waals surface area contributed by atoms with Gasteiger partial charge >= 0.3 is 5.97 Å². The predicted molar refractivity (Wildman–Crippen MR) is 102 cm³/mol. The highest BCUT2D eigenvalue weighted by atomic mass is 16.5. The minimum absolute atomic E-state index is 0.358. The molecule has 0 fully saturated rings. The fourth-order valence-electron chi connectivity index (χ4n) is 3.32. The average Bonchev–Trinajstić information content (AvgIpc) is 2.65. The van der Waals surface area contributed by atoms with Gasteiger partial charge in [0, 0.05) is 16.4 Å². The van der Waals surface area contributed by atoms with Gasteiger partial charge in [-0.25, -0.2) is 4.79 Å². The minimum atomic E-state index is -0.358. The Labute approximate surface area is 151 Å². The van der Waals surface area contributed by atoms with E-state index in [1.165, 1.54) is 7.11 Å². The molecule has 3 heteroatoms. The molecule has 0 bridgehead atoms. The van der Waals surface area contributed by atoms with Crippen LogP contribution in [0.2, 0.25) is 0 Å². The standard InChI is InChI=1S/C23H18O3/c1-14-8-10-18-20(12-14)26-21-13-15(2)9-11-19(21)22(18)16-6-4-5-7-17(16)23(24)25-3/h4-13H,1H2,2-3H3. The van der Waals surface area contributed by atoms with E-state index >= 15 is 0 Å². The first-order valence-electron chi connectivity index (χ1n) is 8.38. The Morgan fingerprint density at radius 2 is 1.77 bits per heavy atom. The molecule has 0 saturated carbocycles. The zero-order valence-corrected chi connectivity index (χ0v) is 14.7. The largest absolute Gasteiger partial charge is 0.465 e. The van der Waals surface area contributed by atoms with Gasteiger partial charge in [0.05, 0.1) is 12.7 Å². The summed E-state index contributed by atoms with van der Waals surface area (Å²) in [6.07, 6.45) is 0. The summed E-state index contributed by atoms with van der Waals surface area (Å²) in [7, 11) is 1.40. The highest BCUT2D eigenvalue weighted by Gasteiger charge is 2.23. The first-order chi connectivity index (χ1) is 12.6. The van der Waals surface area contributed by atoms with E-state index in [-0.39, 0.29) is 5.97 Å². The molecule has 3 nitrogen and oxygen atoms in total. The Hall–Kier alpha value is -3.33. The predicted octanol–water partition coefficient (Wildman–Crippen LogP) is 3.54. The second-order valence-electron chi connectivity index (χ2n) is 6.34. The fourth-order valence-corrected chi connectivity index (χ4v) is 3.32. The maximum Gasteiger partial charge on any atom is 0.338 e. The number of carbonyl (C=O) groups is 1. The molecule has 0 spiro atoms. The van der Waals surface area contributed by atoms with Gasteiger partial charge in [-0.1, -0.05) is 49.0 Å². The number of esters is 1. The zero-order chi connectivity index (χ0) is 18.3. The Morgan fingerprint density at radius 1 is 0.962 bits per heavy atom. The van der Waals surface area contributed by atoms with E-state index in [4.69, 9.17) is 9.47 Å². The summed E-state index contributed by atoms with van der Waals surface area (Å²) in [6, 6.07) is 19.4. The van der Waals surface area contributed by atoms with Crippen LogP contribution in [0, 0.1) is 6.92 Å². The third kappa shape index (κ3) is 2.58. The molecule has 3 aromatic rings. The van der Waals surface area contributed by atoms with Crippen molar-refractivity contribution in [3.8, 4) is 11.5 Å². The average molecular weight is 342 g/mol. The SMILES string of the molecule is C=c1ccc2c(c1)Oc1cc(C)ccc1C=2c1ccccc1C(=O)OC. The summed E-state index contributed by atoms with van der Waals surface area (Å²) >= 11 is 0. The normalized spacial score (nSPS) is 12.0. The van der Waals surface area contributed by atoms with Gasteiger partial charge in [0.25, 0.3) is 0 Å². The molecule has 0 radical (unpaired) electrons. The molecule has 0 unspecified atom stereocenters. The van der Waals surface area contributed by atoms with Crippen molar-refractivity contribution in [1.82, 2.24) is 0 Å². The molecule has 0 aliphatic carbocycles. The molecule has 0 atom stereocenters. The van der Waals surface area contributed by atoms with Crippen LogP contribution in [0.25, 0.3) is 12.2 Å². The minimum Gasteiger partial charge on any atom is -0.465 e. The van der Waals surface area contributed by atoms with Crippen LogP contribution in [0.15, 0.2) is 60.7 Å². The molecule has 3 aromatic carbocycles. The van der Waals surface area contributed by atoms with Gasteiger partial charge in [0.15, 0.2) is 0 Å².